The van der Waals surface area contributed by atoms with Gasteiger partial charge in [-0.1, -0.05) is 46.3 Å². The third-order valence-electron chi connectivity index (χ3n) is 3.69. The minimum atomic E-state index is -0.988. The van der Waals surface area contributed by atoms with Gasteiger partial charge in [0, 0.05) is 28.0 Å². The molecule has 4 nitrogen and oxygen atoms in total. The summed E-state index contributed by atoms with van der Waals surface area (Å²) >= 11 is 3.49. The maximum Gasteiger partial charge on any atom is 0.320 e. The maximum absolute atomic E-state index is 10.9. The molecule has 0 aliphatic carbocycles. The van der Waals surface area contributed by atoms with Crippen LogP contribution in [-0.4, -0.2) is 22.1 Å². The maximum atomic E-state index is 10.9. The number of hydrogen-bond donors (Lipinski definition) is 3. The fraction of sp³-hybridized carbons (Fsp3) is 0.118. The quantitative estimate of drug-likeness (QED) is 0.667. The van der Waals surface area contributed by atoms with Crippen molar-refractivity contribution in [1.29, 1.82) is 0 Å². The van der Waals surface area contributed by atoms with Crippen LogP contribution in [0.5, 0.6) is 0 Å². The number of aromatic nitrogens is 1. The number of H-pyrrole nitrogens is 1. The Morgan fingerprint density at radius 1 is 1.27 bits per heavy atom. The molecule has 0 aliphatic rings. The third-order valence-corrected chi connectivity index (χ3v) is 4.19. The fourth-order valence-corrected chi connectivity index (χ4v) is 3.00. The van der Waals surface area contributed by atoms with E-state index in [-0.39, 0.29) is 0 Å². The number of nitrogens with one attached hydrogen (secondary N) is 1. The Bertz CT molecular complexity index is 842. The van der Waals surface area contributed by atoms with Gasteiger partial charge in [-0.2, -0.15) is 0 Å². The highest BCUT2D eigenvalue weighted by molar-refractivity contribution is 9.10. The van der Waals surface area contributed by atoms with E-state index in [0.29, 0.717) is 6.42 Å². The molecule has 0 fully saturated rings. The molecule has 0 amide bonds. The second kappa shape index (κ2) is 5.94. The van der Waals surface area contributed by atoms with Crippen LogP contribution in [0.4, 0.5) is 0 Å². The van der Waals surface area contributed by atoms with E-state index < -0.39 is 12.0 Å². The molecule has 0 spiro atoms. The van der Waals surface area contributed by atoms with E-state index in [1.54, 1.807) is 0 Å². The molecule has 0 aliphatic heterocycles. The van der Waals surface area contributed by atoms with Crippen molar-refractivity contribution in [2.75, 3.05) is 0 Å². The van der Waals surface area contributed by atoms with E-state index in [1.165, 1.54) is 0 Å². The number of para-hydroxylation sites is 1. The van der Waals surface area contributed by atoms with Crippen LogP contribution in [0.1, 0.15) is 5.56 Å². The lowest BCUT2D eigenvalue weighted by Crippen LogP contribution is -2.32. The van der Waals surface area contributed by atoms with Crippen LogP contribution >= 0.6 is 15.9 Å². The van der Waals surface area contributed by atoms with Gasteiger partial charge in [-0.15, -0.1) is 0 Å². The van der Waals surface area contributed by atoms with Crippen molar-refractivity contribution in [1.82, 2.24) is 4.98 Å². The van der Waals surface area contributed by atoms with Crippen LogP contribution in [0, 0.1) is 0 Å². The molecular weight excluding hydrogens is 344 g/mol. The van der Waals surface area contributed by atoms with Gasteiger partial charge in [0.2, 0.25) is 0 Å². The number of hydrogen-bond acceptors (Lipinski definition) is 2. The van der Waals surface area contributed by atoms with Crippen molar-refractivity contribution in [3.05, 3.63) is 58.7 Å². The number of fused-ring (bicyclic) bond motifs is 1. The molecule has 5 heteroatoms. The van der Waals surface area contributed by atoms with Crippen molar-refractivity contribution >= 4 is 32.8 Å². The molecule has 0 saturated carbocycles. The Balaban J connectivity index is 2.08. The predicted molar refractivity (Wildman–Crippen MR) is 90.7 cm³/mol. The summed E-state index contributed by atoms with van der Waals surface area (Å²) in [6.07, 6.45) is 2.15. The number of aromatic amines is 1. The second-order valence-corrected chi connectivity index (χ2v) is 6.12. The van der Waals surface area contributed by atoms with Gasteiger partial charge in [-0.3, -0.25) is 4.79 Å². The lowest BCUT2D eigenvalue weighted by atomic mass is 10.00. The van der Waals surface area contributed by atoms with Crippen molar-refractivity contribution in [3.8, 4) is 11.1 Å². The molecule has 1 atom stereocenters. The molecule has 3 rings (SSSR count). The molecule has 2 aromatic carbocycles. The smallest absolute Gasteiger partial charge is 0.320 e. The van der Waals surface area contributed by atoms with E-state index in [9.17, 15) is 4.79 Å². The van der Waals surface area contributed by atoms with Crippen molar-refractivity contribution in [2.24, 2.45) is 5.73 Å². The number of carboxylic acids is 1. The summed E-state index contributed by atoms with van der Waals surface area (Å²) in [5.41, 5.74) is 9.73. The van der Waals surface area contributed by atoms with Crippen molar-refractivity contribution in [2.45, 2.75) is 12.5 Å². The average Bonchev–Trinajstić information content (AvgIpc) is 2.90. The Morgan fingerprint density at radius 3 is 2.77 bits per heavy atom. The normalized spacial score (nSPS) is 12.5. The predicted octanol–water partition coefficient (Wildman–Crippen LogP) is 3.55. The zero-order chi connectivity index (χ0) is 15.7. The largest absolute Gasteiger partial charge is 0.480 e. The minimum absolute atomic E-state index is 0.303. The number of aliphatic carboxylic acids is 1. The summed E-state index contributed by atoms with van der Waals surface area (Å²) < 4.78 is 1.02. The highest BCUT2D eigenvalue weighted by Gasteiger charge is 2.16. The summed E-state index contributed by atoms with van der Waals surface area (Å²) in [6, 6.07) is 13.2. The molecule has 4 N–H and O–H groups in total. The summed E-state index contributed by atoms with van der Waals surface area (Å²) in [6.45, 7) is 0. The van der Waals surface area contributed by atoms with Gasteiger partial charge >= 0.3 is 5.97 Å². The molecule has 112 valence electrons. The third kappa shape index (κ3) is 2.77. The first kappa shape index (κ1) is 14.8. The van der Waals surface area contributed by atoms with E-state index in [1.807, 2.05) is 42.6 Å². The molecular formula is C17H15BrN2O2. The molecule has 22 heavy (non-hydrogen) atoms. The Morgan fingerprint density at radius 2 is 2.05 bits per heavy atom. The zero-order valence-corrected chi connectivity index (χ0v) is 13.3. The molecule has 0 radical (unpaired) electrons. The van der Waals surface area contributed by atoms with Gasteiger partial charge in [0.1, 0.15) is 6.04 Å². The van der Waals surface area contributed by atoms with E-state index >= 15 is 0 Å². The first-order chi connectivity index (χ1) is 10.6. The molecule has 0 unspecified atom stereocenters. The van der Waals surface area contributed by atoms with Crippen LogP contribution in [-0.2, 0) is 11.2 Å². The number of halogens is 1. The standard InChI is InChI=1S/C17H15BrN2O2/c18-12-4-1-3-10(7-12)13-5-2-6-14-11(9-20-16(13)14)8-15(19)17(21)22/h1-7,9,15,20H,8,19H2,(H,21,22)/t15-/m0/s1. The molecule has 1 heterocycles. The van der Waals surface area contributed by atoms with Crippen molar-refractivity contribution < 1.29 is 9.90 Å². The number of rotatable bonds is 4. The number of carbonyl (C=O) groups is 1. The lowest BCUT2D eigenvalue weighted by Gasteiger charge is -2.07. The Hall–Kier alpha value is -2.11. The monoisotopic (exact) mass is 358 g/mol. The lowest BCUT2D eigenvalue weighted by molar-refractivity contribution is -0.138. The molecule has 1 aromatic heterocycles. The van der Waals surface area contributed by atoms with Crippen LogP contribution in [0.2, 0.25) is 0 Å². The Kier molecular flexibility index (Phi) is 4.00. The van der Waals surface area contributed by atoms with Gasteiger partial charge in [-0.05, 0) is 23.3 Å². The topological polar surface area (TPSA) is 79.1 Å². The Labute approximate surface area is 136 Å². The molecule has 0 saturated heterocycles. The summed E-state index contributed by atoms with van der Waals surface area (Å²) in [7, 11) is 0. The first-order valence-electron chi connectivity index (χ1n) is 6.89. The van der Waals surface area contributed by atoms with Crippen molar-refractivity contribution in [3.63, 3.8) is 0 Å². The van der Waals surface area contributed by atoms with Crippen LogP contribution < -0.4 is 5.73 Å². The summed E-state index contributed by atoms with van der Waals surface area (Å²) in [5, 5.41) is 9.98. The number of nitrogens with two attached hydrogens (primary N) is 1. The highest BCUT2D eigenvalue weighted by Crippen LogP contribution is 2.31. The first-order valence-corrected chi connectivity index (χ1v) is 7.69. The van der Waals surface area contributed by atoms with E-state index in [4.69, 9.17) is 10.8 Å². The van der Waals surface area contributed by atoms with E-state index in [2.05, 4.69) is 27.0 Å². The number of benzene rings is 2. The van der Waals surface area contributed by atoms with Crippen LogP contribution in [0.25, 0.3) is 22.0 Å². The highest BCUT2D eigenvalue weighted by atomic mass is 79.9. The second-order valence-electron chi connectivity index (χ2n) is 5.20. The van der Waals surface area contributed by atoms with Gasteiger partial charge in [-0.25, -0.2) is 0 Å². The number of carboxylic acid groups (broad SMARTS) is 1. The van der Waals surface area contributed by atoms with Crippen LogP contribution in [0.3, 0.4) is 0 Å². The summed E-state index contributed by atoms with van der Waals surface area (Å²) in [4.78, 5) is 14.2. The minimum Gasteiger partial charge on any atom is -0.480 e. The fourth-order valence-electron chi connectivity index (χ4n) is 2.60. The molecule has 3 aromatic rings. The average molecular weight is 359 g/mol. The van der Waals surface area contributed by atoms with Gasteiger partial charge in [0.15, 0.2) is 0 Å². The van der Waals surface area contributed by atoms with Gasteiger partial charge in [0.05, 0.1) is 5.52 Å². The zero-order valence-electron chi connectivity index (χ0n) is 11.7. The SMILES string of the molecule is N[C@@H](Cc1c[nH]c2c(-c3cccc(Br)c3)cccc12)C(=O)O. The molecule has 0 bridgehead atoms. The van der Waals surface area contributed by atoms with E-state index in [0.717, 1.165) is 32.1 Å². The van der Waals surface area contributed by atoms with Crippen LogP contribution in [0.15, 0.2) is 53.1 Å². The van der Waals surface area contributed by atoms with Gasteiger partial charge in [0.25, 0.3) is 0 Å². The van der Waals surface area contributed by atoms with Gasteiger partial charge < -0.3 is 15.8 Å². The summed E-state index contributed by atoms with van der Waals surface area (Å²) in [5.74, 6) is -0.988.